The number of methoxy groups -OCH3 is 1. The van der Waals surface area contributed by atoms with Crippen molar-refractivity contribution >= 4 is 17.7 Å². The molecule has 0 aliphatic carbocycles. The van der Waals surface area contributed by atoms with Gasteiger partial charge >= 0.3 is 0 Å². The van der Waals surface area contributed by atoms with E-state index in [0.29, 0.717) is 38.5 Å². The zero-order valence-electron chi connectivity index (χ0n) is 15.5. The van der Waals surface area contributed by atoms with Crippen molar-refractivity contribution in [3.05, 3.63) is 24.3 Å². The van der Waals surface area contributed by atoms with Crippen LogP contribution in [0.5, 0.6) is 11.5 Å². The maximum absolute atomic E-state index is 12.3. The van der Waals surface area contributed by atoms with Gasteiger partial charge in [-0.3, -0.25) is 19.8 Å². The van der Waals surface area contributed by atoms with Gasteiger partial charge < -0.3 is 19.3 Å². The van der Waals surface area contributed by atoms with Crippen molar-refractivity contribution < 1.29 is 23.9 Å². The number of ether oxygens (including phenoxy) is 2. The van der Waals surface area contributed by atoms with Gasteiger partial charge in [0.15, 0.2) is 0 Å². The molecular formula is C18H26N4O5. The summed E-state index contributed by atoms with van der Waals surface area (Å²) in [5.74, 6) is 5.95. The van der Waals surface area contributed by atoms with Crippen LogP contribution in [0.3, 0.4) is 0 Å². The minimum Gasteiger partial charge on any atom is -0.497 e. The molecular weight excluding hydrogens is 352 g/mol. The van der Waals surface area contributed by atoms with Crippen LogP contribution in [0.2, 0.25) is 0 Å². The molecule has 1 heterocycles. The maximum Gasteiger partial charge on any atom is 0.234 e. The van der Waals surface area contributed by atoms with Gasteiger partial charge in [0.25, 0.3) is 0 Å². The van der Waals surface area contributed by atoms with Crippen molar-refractivity contribution in [3.63, 3.8) is 0 Å². The van der Waals surface area contributed by atoms with Gasteiger partial charge in [-0.25, -0.2) is 5.84 Å². The molecule has 3 amide bonds. The van der Waals surface area contributed by atoms with Crippen LogP contribution in [0.1, 0.15) is 19.3 Å². The molecule has 0 radical (unpaired) electrons. The summed E-state index contributed by atoms with van der Waals surface area (Å²) in [6, 6.07) is 7.17. The number of carbonyl (C=O) groups is 3. The highest BCUT2D eigenvalue weighted by atomic mass is 16.5. The number of rotatable bonds is 8. The van der Waals surface area contributed by atoms with Crippen LogP contribution in [0.15, 0.2) is 24.3 Å². The Morgan fingerprint density at radius 2 is 1.44 bits per heavy atom. The van der Waals surface area contributed by atoms with Crippen molar-refractivity contribution in [1.82, 2.24) is 15.2 Å². The number of hydrazine groups is 1. The van der Waals surface area contributed by atoms with E-state index < -0.39 is 0 Å². The second-order valence-corrected chi connectivity index (χ2v) is 6.10. The number of nitrogens with zero attached hydrogens (tertiary/aromatic N) is 2. The monoisotopic (exact) mass is 378 g/mol. The Labute approximate surface area is 158 Å². The number of benzene rings is 1. The summed E-state index contributed by atoms with van der Waals surface area (Å²) in [6.07, 6.45) is 0.459. The maximum atomic E-state index is 12.3. The Hall–Kier alpha value is -2.81. The van der Waals surface area contributed by atoms with Gasteiger partial charge in [0.05, 0.1) is 20.1 Å². The number of piperazine rings is 1. The lowest BCUT2D eigenvalue weighted by molar-refractivity contribution is -0.140. The molecule has 0 saturated carbocycles. The topological polar surface area (TPSA) is 114 Å². The number of hydrogen-bond donors (Lipinski definition) is 2. The molecule has 1 aromatic rings. The molecule has 0 atom stereocenters. The minimum atomic E-state index is -0.367. The van der Waals surface area contributed by atoms with Gasteiger partial charge in [0.1, 0.15) is 11.5 Å². The molecule has 148 valence electrons. The molecule has 2 rings (SSSR count). The van der Waals surface area contributed by atoms with Gasteiger partial charge in [-0.2, -0.15) is 0 Å². The summed E-state index contributed by atoms with van der Waals surface area (Å²) in [5.41, 5.74) is 2.00. The van der Waals surface area contributed by atoms with Gasteiger partial charge in [0, 0.05) is 39.0 Å². The third-order valence-corrected chi connectivity index (χ3v) is 4.36. The number of nitrogens with one attached hydrogen (secondary N) is 1. The fourth-order valence-electron chi connectivity index (χ4n) is 2.74. The Morgan fingerprint density at radius 3 is 1.96 bits per heavy atom. The van der Waals surface area contributed by atoms with Gasteiger partial charge in [-0.1, -0.05) is 0 Å². The normalized spacial score (nSPS) is 13.9. The van der Waals surface area contributed by atoms with E-state index in [1.807, 2.05) is 5.43 Å². The number of amides is 3. The predicted molar refractivity (Wildman–Crippen MR) is 97.8 cm³/mol. The second kappa shape index (κ2) is 10.4. The first-order chi connectivity index (χ1) is 13.0. The fourth-order valence-corrected chi connectivity index (χ4v) is 2.74. The van der Waals surface area contributed by atoms with E-state index in [2.05, 4.69) is 0 Å². The third kappa shape index (κ3) is 6.45. The standard InChI is InChI=1S/C18H26N4O5/c1-26-14-2-4-15(5-3-14)27-13-8-18(25)22-11-9-21(10-12-22)17(24)7-6-16(23)20-19/h2-5H,6-13,19H2,1H3,(H,20,23). The molecule has 1 aliphatic rings. The summed E-state index contributed by atoms with van der Waals surface area (Å²) in [6.45, 7) is 2.19. The van der Waals surface area contributed by atoms with Gasteiger partial charge in [-0.15, -0.1) is 0 Å². The summed E-state index contributed by atoms with van der Waals surface area (Å²) in [4.78, 5) is 38.8. The second-order valence-electron chi connectivity index (χ2n) is 6.10. The smallest absolute Gasteiger partial charge is 0.234 e. The van der Waals surface area contributed by atoms with E-state index in [-0.39, 0.29) is 37.0 Å². The lowest BCUT2D eigenvalue weighted by Crippen LogP contribution is -2.50. The molecule has 9 nitrogen and oxygen atoms in total. The molecule has 0 spiro atoms. The molecule has 1 aromatic carbocycles. The Kier molecular flexibility index (Phi) is 7.87. The molecule has 0 unspecified atom stereocenters. The molecule has 3 N–H and O–H groups in total. The van der Waals surface area contributed by atoms with E-state index in [9.17, 15) is 14.4 Å². The van der Waals surface area contributed by atoms with Crippen molar-refractivity contribution in [2.24, 2.45) is 5.84 Å². The number of hydrogen-bond acceptors (Lipinski definition) is 6. The van der Waals surface area contributed by atoms with Crippen molar-refractivity contribution in [3.8, 4) is 11.5 Å². The average molecular weight is 378 g/mol. The minimum absolute atomic E-state index is 0.00174. The molecule has 27 heavy (non-hydrogen) atoms. The van der Waals surface area contributed by atoms with E-state index in [0.717, 1.165) is 5.75 Å². The van der Waals surface area contributed by atoms with Crippen molar-refractivity contribution in [2.75, 3.05) is 39.9 Å². The van der Waals surface area contributed by atoms with Crippen molar-refractivity contribution in [1.29, 1.82) is 0 Å². The number of nitrogens with two attached hydrogens (primary N) is 1. The van der Waals surface area contributed by atoms with Crippen LogP contribution in [0.25, 0.3) is 0 Å². The zero-order valence-corrected chi connectivity index (χ0v) is 15.5. The average Bonchev–Trinajstić information content (AvgIpc) is 2.72. The summed E-state index contributed by atoms with van der Waals surface area (Å²) in [5, 5.41) is 0. The van der Waals surface area contributed by atoms with Gasteiger partial charge in [0.2, 0.25) is 17.7 Å². The Morgan fingerprint density at radius 1 is 0.926 bits per heavy atom. The van der Waals surface area contributed by atoms with Crippen LogP contribution < -0.4 is 20.7 Å². The highest BCUT2D eigenvalue weighted by Crippen LogP contribution is 2.17. The fraction of sp³-hybridized carbons (Fsp3) is 0.500. The zero-order chi connectivity index (χ0) is 19.6. The Bertz CT molecular complexity index is 642. The first-order valence-electron chi connectivity index (χ1n) is 8.85. The van der Waals surface area contributed by atoms with Gasteiger partial charge in [-0.05, 0) is 24.3 Å². The molecule has 0 bridgehead atoms. The number of carbonyl (C=O) groups excluding carboxylic acids is 3. The molecule has 1 aliphatic heterocycles. The molecule has 0 aromatic heterocycles. The lowest BCUT2D eigenvalue weighted by atomic mass is 10.2. The SMILES string of the molecule is COc1ccc(OCCC(=O)N2CCN(C(=O)CCC(=O)NN)CC2)cc1. The molecule has 9 heteroatoms. The highest BCUT2D eigenvalue weighted by Gasteiger charge is 2.24. The van der Waals surface area contributed by atoms with E-state index in [1.165, 1.54) is 0 Å². The van der Waals surface area contributed by atoms with E-state index in [1.54, 1.807) is 41.2 Å². The summed E-state index contributed by atoms with van der Waals surface area (Å²) < 4.78 is 10.7. The van der Waals surface area contributed by atoms with Crippen LogP contribution >= 0.6 is 0 Å². The molecule has 1 saturated heterocycles. The first-order valence-corrected chi connectivity index (χ1v) is 8.85. The summed E-state index contributed by atoms with van der Waals surface area (Å²) in [7, 11) is 1.60. The quantitative estimate of drug-likeness (QED) is 0.371. The van der Waals surface area contributed by atoms with Crippen LogP contribution in [0, 0.1) is 0 Å². The van der Waals surface area contributed by atoms with E-state index >= 15 is 0 Å². The third-order valence-electron chi connectivity index (χ3n) is 4.36. The first kappa shape index (κ1) is 20.5. The van der Waals surface area contributed by atoms with Crippen LogP contribution in [0.4, 0.5) is 0 Å². The Balaban J connectivity index is 1.66. The van der Waals surface area contributed by atoms with Crippen molar-refractivity contribution in [2.45, 2.75) is 19.3 Å². The predicted octanol–water partition coefficient (Wildman–Crippen LogP) is -0.0950. The molecule has 1 fully saturated rings. The van der Waals surface area contributed by atoms with Crippen LogP contribution in [-0.2, 0) is 14.4 Å². The summed E-state index contributed by atoms with van der Waals surface area (Å²) >= 11 is 0. The van der Waals surface area contributed by atoms with Crippen LogP contribution in [-0.4, -0.2) is 67.4 Å². The lowest BCUT2D eigenvalue weighted by Gasteiger charge is -2.34. The van der Waals surface area contributed by atoms with E-state index in [4.69, 9.17) is 15.3 Å². The largest absolute Gasteiger partial charge is 0.497 e. The highest BCUT2D eigenvalue weighted by molar-refractivity contribution is 5.83.